The lowest BCUT2D eigenvalue weighted by Crippen LogP contribution is -2.23. The average Bonchev–Trinajstić information content (AvgIpc) is 2.81. The summed E-state index contributed by atoms with van der Waals surface area (Å²) >= 11 is 5.63. The lowest BCUT2D eigenvalue weighted by Gasteiger charge is -2.13. The molecule has 0 saturated heterocycles. The van der Waals surface area contributed by atoms with Crippen LogP contribution in [0.1, 0.15) is 27.3 Å². The number of fused-ring (bicyclic) bond motifs is 1. The number of anilines is 1. The quantitative estimate of drug-likeness (QED) is 0.333. The number of hydrogen-bond donors (Lipinski definition) is 2. The molecule has 14 heteroatoms. The lowest BCUT2D eigenvalue weighted by molar-refractivity contribution is -0.142. The van der Waals surface area contributed by atoms with Gasteiger partial charge in [-0.25, -0.2) is 9.97 Å². The van der Waals surface area contributed by atoms with Gasteiger partial charge in [-0.15, -0.1) is 0 Å². The number of hydrogen-bond acceptors (Lipinski definition) is 5. The van der Waals surface area contributed by atoms with E-state index in [-0.39, 0.29) is 23.1 Å². The Bertz CT molecular complexity index is 1570. The first-order valence-corrected chi connectivity index (χ1v) is 10.6. The molecule has 0 aliphatic heterocycles. The van der Waals surface area contributed by atoms with E-state index in [1.165, 1.54) is 36.7 Å². The van der Waals surface area contributed by atoms with Crippen LogP contribution in [0, 0.1) is 0 Å². The first kappa shape index (κ1) is 25.9. The molecule has 7 nitrogen and oxygen atoms in total. The fraction of sp³-hybridized carbons (Fsp3) is 0.130. The van der Waals surface area contributed by atoms with E-state index in [1.54, 1.807) is 0 Å². The number of alkyl halides is 6. The number of aromatic nitrogens is 3. The molecule has 4 rings (SSSR count). The second-order valence-corrected chi connectivity index (χ2v) is 8.12. The maximum atomic E-state index is 13.2. The molecule has 2 N–H and O–H groups in total. The topological polar surface area (TPSA) is 97.1 Å². The van der Waals surface area contributed by atoms with Crippen molar-refractivity contribution in [3.8, 4) is 5.75 Å². The minimum absolute atomic E-state index is 0.105. The minimum atomic E-state index is -5.10. The summed E-state index contributed by atoms with van der Waals surface area (Å²) in [5, 5.41) is 11.0. The van der Waals surface area contributed by atoms with E-state index in [4.69, 9.17) is 11.6 Å². The number of nitrogens with zero attached hydrogens (tertiary/aromatic N) is 3. The van der Waals surface area contributed by atoms with E-state index < -0.39 is 51.5 Å². The fourth-order valence-electron chi connectivity index (χ4n) is 3.42. The number of halogens is 7. The van der Waals surface area contributed by atoms with Crippen LogP contribution >= 0.6 is 11.6 Å². The van der Waals surface area contributed by atoms with E-state index in [9.17, 15) is 41.0 Å². The smallest absolute Gasteiger partial charge is 0.437 e. The minimum Gasteiger partial charge on any atom is -0.504 e. The van der Waals surface area contributed by atoms with Crippen molar-refractivity contribution in [2.75, 3.05) is 5.32 Å². The first-order valence-electron chi connectivity index (χ1n) is 10.2. The van der Waals surface area contributed by atoms with Crippen LogP contribution in [0.15, 0.2) is 59.7 Å². The van der Waals surface area contributed by atoms with Gasteiger partial charge in [0.05, 0.1) is 40.0 Å². The summed E-state index contributed by atoms with van der Waals surface area (Å²) in [7, 11) is 0. The first-order chi connectivity index (χ1) is 17.3. The predicted octanol–water partition coefficient (Wildman–Crippen LogP) is 5.49. The van der Waals surface area contributed by atoms with Crippen LogP contribution in [0.3, 0.4) is 0 Å². The summed E-state index contributed by atoms with van der Waals surface area (Å²) in [6.07, 6.45) is -8.45. The molecule has 2 aromatic carbocycles. The average molecular weight is 543 g/mol. The third-order valence-electron chi connectivity index (χ3n) is 5.18. The third-order valence-corrected chi connectivity index (χ3v) is 5.47. The summed E-state index contributed by atoms with van der Waals surface area (Å²) < 4.78 is 78.9. The highest BCUT2D eigenvalue weighted by Crippen LogP contribution is 2.38. The zero-order valence-electron chi connectivity index (χ0n) is 18.2. The van der Waals surface area contributed by atoms with Crippen molar-refractivity contribution < 1.29 is 36.2 Å². The van der Waals surface area contributed by atoms with Gasteiger partial charge in [0.1, 0.15) is 5.69 Å². The zero-order valence-corrected chi connectivity index (χ0v) is 18.9. The van der Waals surface area contributed by atoms with Gasteiger partial charge in [0.2, 0.25) is 0 Å². The van der Waals surface area contributed by atoms with Crippen LogP contribution in [0.5, 0.6) is 5.75 Å². The number of carbonyl (C=O) groups excluding carboxylic acids is 1. The molecule has 0 bridgehead atoms. The van der Waals surface area contributed by atoms with Crippen LogP contribution in [-0.4, -0.2) is 25.5 Å². The SMILES string of the molecule is O=C(Nc1cccc2ncn(Cc3ccc(C(F)(F)F)cc3)c(=O)c12)c1cc(Cl)c(O)c(C(F)(F)F)n1. The number of rotatable bonds is 4. The maximum Gasteiger partial charge on any atom is 0.437 e. The predicted molar refractivity (Wildman–Crippen MR) is 120 cm³/mol. The standard InChI is InChI=1S/C23H13ClF6N4O3/c24-13-8-16(32-19(18(13)35)23(28,29)30)20(36)33-15-3-1-2-14-17(15)21(37)34(10-31-14)9-11-4-6-12(7-5-11)22(25,26)27/h1-8,10,35H,9H2,(H,33,36). The molecule has 192 valence electrons. The highest BCUT2D eigenvalue weighted by Gasteiger charge is 2.38. The summed E-state index contributed by atoms with van der Waals surface area (Å²) in [6, 6.07) is 9.05. The Labute approximate surface area is 208 Å². The van der Waals surface area contributed by atoms with Crippen LogP contribution in [0.2, 0.25) is 5.02 Å². The van der Waals surface area contributed by atoms with Gasteiger partial charge < -0.3 is 10.4 Å². The van der Waals surface area contributed by atoms with Crippen LogP contribution in [0.25, 0.3) is 10.9 Å². The third kappa shape index (κ3) is 5.35. The van der Waals surface area contributed by atoms with Gasteiger partial charge in [-0.1, -0.05) is 29.8 Å². The van der Waals surface area contributed by atoms with E-state index in [0.29, 0.717) is 5.56 Å². The van der Waals surface area contributed by atoms with E-state index >= 15 is 0 Å². The van der Waals surface area contributed by atoms with Gasteiger partial charge in [0.25, 0.3) is 11.5 Å². The summed E-state index contributed by atoms with van der Waals surface area (Å²) in [5.41, 5.74) is -3.68. The number of nitrogens with one attached hydrogen (secondary N) is 1. The molecule has 0 aliphatic rings. The molecular weight excluding hydrogens is 530 g/mol. The molecule has 0 spiro atoms. The molecule has 0 saturated carbocycles. The Kier molecular flexibility index (Phi) is 6.59. The van der Waals surface area contributed by atoms with Crippen LogP contribution < -0.4 is 10.9 Å². The van der Waals surface area contributed by atoms with Crippen molar-refractivity contribution in [3.05, 3.63) is 92.7 Å². The number of pyridine rings is 1. The van der Waals surface area contributed by atoms with Gasteiger partial charge in [0, 0.05) is 0 Å². The number of benzene rings is 2. The van der Waals surface area contributed by atoms with Gasteiger partial charge in [-0.3, -0.25) is 14.2 Å². The molecule has 0 radical (unpaired) electrons. The molecule has 37 heavy (non-hydrogen) atoms. The Morgan fingerprint density at radius 3 is 2.32 bits per heavy atom. The van der Waals surface area contributed by atoms with Crippen molar-refractivity contribution >= 4 is 34.1 Å². The van der Waals surface area contributed by atoms with E-state index in [2.05, 4.69) is 15.3 Å². The van der Waals surface area contributed by atoms with Gasteiger partial charge in [-0.2, -0.15) is 26.3 Å². The van der Waals surface area contributed by atoms with Crippen LogP contribution in [-0.2, 0) is 18.9 Å². The number of carbonyl (C=O) groups is 1. The lowest BCUT2D eigenvalue weighted by atomic mass is 10.1. The Morgan fingerprint density at radius 2 is 1.70 bits per heavy atom. The Morgan fingerprint density at radius 1 is 1.03 bits per heavy atom. The van der Waals surface area contributed by atoms with Crippen molar-refractivity contribution in [1.82, 2.24) is 14.5 Å². The Hall–Kier alpha value is -4.13. The van der Waals surface area contributed by atoms with Crippen LogP contribution in [0.4, 0.5) is 32.0 Å². The normalized spacial score (nSPS) is 12.1. The molecule has 4 aromatic rings. The van der Waals surface area contributed by atoms with Crippen molar-refractivity contribution in [2.45, 2.75) is 18.9 Å². The monoisotopic (exact) mass is 542 g/mol. The summed E-state index contributed by atoms with van der Waals surface area (Å²) in [6.45, 7) is -0.147. The molecule has 1 amide bonds. The second-order valence-electron chi connectivity index (χ2n) is 7.71. The largest absolute Gasteiger partial charge is 0.504 e. The Balaban J connectivity index is 1.69. The van der Waals surface area contributed by atoms with Gasteiger partial charge in [-0.05, 0) is 35.9 Å². The second kappa shape index (κ2) is 9.39. The number of aromatic hydroxyl groups is 1. The summed E-state index contributed by atoms with van der Waals surface area (Å²) in [4.78, 5) is 33.1. The summed E-state index contributed by atoms with van der Waals surface area (Å²) in [5.74, 6) is -2.50. The maximum absolute atomic E-state index is 13.2. The van der Waals surface area contributed by atoms with E-state index in [1.807, 2.05) is 0 Å². The van der Waals surface area contributed by atoms with Crippen molar-refractivity contribution in [2.24, 2.45) is 0 Å². The highest BCUT2D eigenvalue weighted by molar-refractivity contribution is 6.32. The highest BCUT2D eigenvalue weighted by atomic mass is 35.5. The van der Waals surface area contributed by atoms with Gasteiger partial charge in [0.15, 0.2) is 11.4 Å². The molecule has 0 aliphatic carbocycles. The zero-order chi connectivity index (χ0) is 27.1. The molecule has 0 fully saturated rings. The molecule has 0 atom stereocenters. The van der Waals surface area contributed by atoms with E-state index in [0.717, 1.165) is 22.8 Å². The van der Waals surface area contributed by atoms with Crippen molar-refractivity contribution in [3.63, 3.8) is 0 Å². The fourth-order valence-corrected chi connectivity index (χ4v) is 3.61. The molecule has 2 aromatic heterocycles. The molecule has 2 heterocycles. The number of amides is 1. The van der Waals surface area contributed by atoms with Gasteiger partial charge >= 0.3 is 12.4 Å². The molecule has 0 unspecified atom stereocenters. The molecular formula is C23H13ClF6N4O3. The van der Waals surface area contributed by atoms with Crippen molar-refractivity contribution in [1.29, 1.82) is 0 Å².